The molecule has 118 valence electrons. The first-order valence-electron chi connectivity index (χ1n) is 7.57. The smallest absolute Gasteiger partial charge is 0.132 e. The molecule has 0 aliphatic rings. The summed E-state index contributed by atoms with van der Waals surface area (Å²) in [5.74, 6) is 0.940. The molecule has 0 saturated carbocycles. The number of rotatable bonds is 7. The zero-order valence-corrected chi connectivity index (χ0v) is 14.5. The highest BCUT2D eigenvalue weighted by Crippen LogP contribution is 2.31. The Balaban J connectivity index is 2.15. The standard InChI is InChI=1S/C18H24N2OS/c1-5-16(14-8-10-19-11-9-14)20-13(2)15-6-7-18(22-4)17(12-15)21-3/h6-13,16,20H,5H2,1-4H3. The number of nitrogens with zero attached hydrogens (tertiary/aromatic N) is 1. The minimum atomic E-state index is 0.253. The molecule has 3 nitrogen and oxygen atoms in total. The van der Waals surface area contributed by atoms with Crippen molar-refractivity contribution in [1.29, 1.82) is 0 Å². The Morgan fingerprint density at radius 3 is 2.50 bits per heavy atom. The van der Waals surface area contributed by atoms with Gasteiger partial charge in [-0.1, -0.05) is 13.0 Å². The number of nitrogens with one attached hydrogen (secondary N) is 1. The van der Waals surface area contributed by atoms with Gasteiger partial charge in [0.25, 0.3) is 0 Å². The van der Waals surface area contributed by atoms with Crippen molar-refractivity contribution in [3.8, 4) is 5.75 Å². The van der Waals surface area contributed by atoms with E-state index in [2.05, 4.69) is 60.7 Å². The zero-order chi connectivity index (χ0) is 15.9. The van der Waals surface area contributed by atoms with E-state index >= 15 is 0 Å². The van der Waals surface area contributed by atoms with E-state index in [-0.39, 0.29) is 6.04 Å². The van der Waals surface area contributed by atoms with Crippen molar-refractivity contribution < 1.29 is 4.74 Å². The Bertz CT molecular complexity index is 589. The van der Waals surface area contributed by atoms with Gasteiger partial charge in [0.2, 0.25) is 0 Å². The van der Waals surface area contributed by atoms with Crippen molar-refractivity contribution in [1.82, 2.24) is 10.3 Å². The van der Waals surface area contributed by atoms with Gasteiger partial charge in [0.15, 0.2) is 0 Å². The molecule has 0 aliphatic heterocycles. The minimum Gasteiger partial charge on any atom is -0.496 e. The molecule has 22 heavy (non-hydrogen) atoms. The molecule has 0 bridgehead atoms. The summed E-state index contributed by atoms with van der Waals surface area (Å²) < 4.78 is 5.49. The van der Waals surface area contributed by atoms with E-state index in [0.717, 1.165) is 12.2 Å². The molecule has 4 heteroatoms. The number of methoxy groups -OCH3 is 1. The number of benzene rings is 1. The van der Waals surface area contributed by atoms with Crippen LogP contribution >= 0.6 is 11.8 Å². The SMILES string of the molecule is CCC(NC(C)c1ccc(SC)c(OC)c1)c1ccncc1. The molecule has 2 unspecified atom stereocenters. The fourth-order valence-corrected chi connectivity index (χ4v) is 3.11. The van der Waals surface area contributed by atoms with Gasteiger partial charge in [-0.15, -0.1) is 11.8 Å². The average molecular weight is 316 g/mol. The van der Waals surface area contributed by atoms with Crippen molar-refractivity contribution in [3.63, 3.8) is 0 Å². The van der Waals surface area contributed by atoms with Crippen LogP contribution in [-0.2, 0) is 0 Å². The molecule has 1 N–H and O–H groups in total. The Kier molecular flexibility index (Phi) is 6.28. The molecule has 1 aromatic carbocycles. The van der Waals surface area contributed by atoms with E-state index in [9.17, 15) is 0 Å². The van der Waals surface area contributed by atoms with Crippen LogP contribution in [0.3, 0.4) is 0 Å². The fourth-order valence-electron chi connectivity index (χ4n) is 2.57. The monoisotopic (exact) mass is 316 g/mol. The maximum Gasteiger partial charge on any atom is 0.132 e. The summed E-state index contributed by atoms with van der Waals surface area (Å²) in [5, 5.41) is 3.70. The van der Waals surface area contributed by atoms with Crippen LogP contribution in [0.15, 0.2) is 47.6 Å². The van der Waals surface area contributed by atoms with Crippen LogP contribution in [0.2, 0.25) is 0 Å². The largest absolute Gasteiger partial charge is 0.496 e. The van der Waals surface area contributed by atoms with E-state index in [1.54, 1.807) is 18.9 Å². The summed E-state index contributed by atoms with van der Waals surface area (Å²) in [4.78, 5) is 5.26. The lowest BCUT2D eigenvalue weighted by Crippen LogP contribution is -2.24. The molecular weight excluding hydrogens is 292 g/mol. The summed E-state index contributed by atoms with van der Waals surface area (Å²) in [6.07, 6.45) is 6.80. The predicted molar refractivity (Wildman–Crippen MR) is 93.6 cm³/mol. The second-order valence-corrected chi connectivity index (χ2v) is 6.09. The van der Waals surface area contributed by atoms with E-state index in [1.165, 1.54) is 16.0 Å². The lowest BCUT2D eigenvalue weighted by atomic mass is 10.0. The summed E-state index contributed by atoms with van der Waals surface area (Å²) >= 11 is 1.70. The topological polar surface area (TPSA) is 34.1 Å². The van der Waals surface area contributed by atoms with Crippen molar-refractivity contribution in [2.24, 2.45) is 0 Å². The maximum atomic E-state index is 5.49. The minimum absolute atomic E-state index is 0.253. The van der Waals surface area contributed by atoms with Crippen molar-refractivity contribution in [3.05, 3.63) is 53.9 Å². The highest BCUT2D eigenvalue weighted by molar-refractivity contribution is 7.98. The first-order valence-corrected chi connectivity index (χ1v) is 8.80. The first-order chi connectivity index (χ1) is 10.7. The Hall–Kier alpha value is -1.52. The van der Waals surface area contributed by atoms with Crippen LogP contribution in [0.5, 0.6) is 5.75 Å². The highest BCUT2D eigenvalue weighted by Gasteiger charge is 2.15. The summed E-state index contributed by atoms with van der Waals surface area (Å²) in [7, 11) is 1.72. The van der Waals surface area contributed by atoms with Crippen LogP contribution in [0.25, 0.3) is 0 Å². The van der Waals surface area contributed by atoms with Gasteiger partial charge in [-0.3, -0.25) is 4.98 Å². The highest BCUT2D eigenvalue weighted by atomic mass is 32.2. The quantitative estimate of drug-likeness (QED) is 0.756. The molecule has 1 aromatic heterocycles. The van der Waals surface area contributed by atoms with Crippen LogP contribution in [0, 0.1) is 0 Å². The number of thioether (sulfide) groups is 1. The maximum absolute atomic E-state index is 5.49. The lowest BCUT2D eigenvalue weighted by Gasteiger charge is -2.23. The average Bonchev–Trinajstić information content (AvgIpc) is 2.59. The van der Waals surface area contributed by atoms with Crippen LogP contribution in [0.1, 0.15) is 43.5 Å². The van der Waals surface area contributed by atoms with Crippen LogP contribution < -0.4 is 10.1 Å². The van der Waals surface area contributed by atoms with E-state index in [1.807, 2.05) is 12.4 Å². The molecule has 0 radical (unpaired) electrons. The normalized spacial score (nSPS) is 13.6. The van der Waals surface area contributed by atoms with Gasteiger partial charge in [-0.2, -0.15) is 0 Å². The van der Waals surface area contributed by atoms with Gasteiger partial charge < -0.3 is 10.1 Å². The van der Waals surface area contributed by atoms with Gasteiger partial charge in [0.05, 0.1) is 7.11 Å². The number of aromatic nitrogens is 1. The second-order valence-electron chi connectivity index (χ2n) is 5.24. The second kappa shape index (κ2) is 8.20. The molecule has 0 spiro atoms. The summed E-state index contributed by atoms with van der Waals surface area (Å²) in [6, 6.07) is 11.2. The van der Waals surface area contributed by atoms with Crippen molar-refractivity contribution in [2.45, 2.75) is 37.2 Å². The third-order valence-electron chi connectivity index (χ3n) is 3.88. The molecule has 0 saturated heterocycles. The zero-order valence-electron chi connectivity index (χ0n) is 13.7. The molecule has 0 amide bonds. The summed E-state index contributed by atoms with van der Waals surface area (Å²) in [5.41, 5.74) is 2.51. The third-order valence-corrected chi connectivity index (χ3v) is 4.65. The molecule has 2 atom stereocenters. The van der Waals surface area contributed by atoms with Gasteiger partial charge in [-0.05, 0) is 55.0 Å². The Morgan fingerprint density at radius 1 is 1.18 bits per heavy atom. The lowest BCUT2D eigenvalue weighted by molar-refractivity contribution is 0.401. The number of ether oxygens (including phenoxy) is 1. The van der Waals surface area contributed by atoms with E-state index < -0.39 is 0 Å². The Morgan fingerprint density at radius 2 is 1.91 bits per heavy atom. The number of hydrogen-bond acceptors (Lipinski definition) is 4. The molecule has 0 fully saturated rings. The number of hydrogen-bond donors (Lipinski definition) is 1. The molecule has 0 aliphatic carbocycles. The molecular formula is C18H24N2OS. The van der Waals surface area contributed by atoms with Crippen molar-refractivity contribution >= 4 is 11.8 Å². The van der Waals surface area contributed by atoms with Gasteiger partial charge in [0, 0.05) is 29.4 Å². The third kappa shape index (κ3) is 4.02. The van der Waals surface area contributed by atoms with Gasteiger partial charge >= 0.3 is 0 Å². The van der Waals surface area contributed by atoms with E-state index in [0.29, 0.717) is 6.04 Å². The molecule has 2 rings (SSSR count). The Labute approximate surface area is 137 Å². The fraction of sp³-hybridized carbons (Fsp3) is 0.389. The molecule has 1 heterocycles. The van der Waals surface area contributed by atoms with Crippen LogP contribution in [0.4, 0.5) is 0 Å². The number of pyridine rings is 1. The van der Waals surface area contributed by atoms with Crippen molar-refractivity contribution in [2.75, 3.05) is 13.4 Å². The van der Waals surface area contributed by atoms with E-state index in [4.69, 9.17) is 4.74 Å². The molecule has 2 aromatic rings. The van der Waals surface area contributed by atoms with Gasteiger partial charge in [0.1, 0.15) is 5.75 Å². The summed E-state index contributed by atoms with van der Waals surface area (Å²) in [6.45, 7) is 4.39. The van der Waals surface area contributed by atoms with Gasteiger partial charge in [-0.25, -0.2) is 0 Å². The van der Waals surface area contributed by atoms with Crippen LogP contribution in [-0.4, -0.2) is 18.3 Å². The first kappa shape index (κ1) is 16.8. The predicted octanol–water partition coefficient (Wildman–Crippen LogP) is 4.61.